The van der Waals surface area contributed by atoms with Crippen molar-refractivity contribution in [2.24, 2.45) is 5.10 Å². The molecule has 0 bridgehead atoms. The summed E-state index contributed by atoms with van der Waals surface area (Å²) in [4.78, 5) is 11.2. The van der Waals surface area contributed by atoms with Crippen LogP contribution in [0.1, 0.15) is 12.5 Å². The minimum absolute atomic E-state index is 0.0896. The van der Waals surface area contributed by atoms with Gasteiger partial charge in [-0.1, -0.05) is 34.8 Å². The predicted octanol–water partition coefficient (Wildman–Crippen LogP) is 4.54. The average molecular weight is 364 g/mol. The lowest BCUT2D eigenvalue weighted by Gasteiger charge is -2.11. The van der Waals surface area contributed by atoms with E-state index in [1.54, 1.807) is 6.92 Å². The van der Waals surface area contributed by atoms with Crippen LogP contribution in [0.2, 0.25) is 10.0 Å². The molecule has 0 fully saturated rings. The largest absolute Gasteiger partial charge is 0.461 e. The summed E-state index contributed by atoms with van der Waals surface area (Å²) in [7, 11) is 0. The van der Waals surface area contributed by atoms with E-state index in [0.717, 1.165) is 0 Å². The first-order valence-corrected chi connectivity index (χ1v) is 6.52. The van der Waals surface area contributed by atoms with Gasteiger partial charge in [0.25, 0.3) is 0 Å². The van der Waals surface area contributed by atoms with Crippen molar-refractivity contribution in [1.29, 1.82) is 0 Å². The zero-order chi connectivity index (χ0) is 16.2. The minimum atomic E-state index is -4.59. The molecule has 0 unspecified atom stereocenters. The van der Waals surface area contributed by atoms with Crippen LogP contribution >= 0.6 is 34.8 Å². The molecule has 21 heavy (non-hydrogen) atoms. The number of carbonyl (C=O) groups is 1. The molecule has 0 aromatic heterocycles. The van der Waals surface area contributed by atoms with E-state index in [4.69, 9.17) is 34.8 Å². The van der Waals surface area contributed by atoms with E-state index in [2.05, 4.69) is 15.3 Å². The highest BCUT2D eigenvalue weighted by Crippen LogP contribution is 2.38. The lowest BCUT2D eigenvalue weighted by atomic mass is 10.2. The summed E-state index contributed by atoms with van der Waals surface area (Å²) < 4.78 is 42.2. The Bertz CT molecular complexity index is 553. The first-order chi connectivity index (χ1) is 9.66. The summed E-state index contributed by atoms with van der Waals surface area (Å²) in [5, 5.41) is 2.23. The third-order valence-corrected chi connectivity index (χ3v) is 2.91. The second kappa shape index (κ2) is 7.20. The molecule has 4 nitrogen and oxygen atoms in total. The van der Waals surface area contributed by atoms with Crippen LogP contribution in [0.25, 0.3) is 0 Å². The molecule has 0 aliphatic rings. The molecule has 0 aliphatic carbocycles. The number of nitrogens with one attached hydrogen (secondary N) is 1. The topological polar surface area (TPSA) is 50.7 Å². The fourth-order valence-corrected chi connectivity index (χ4v) is 1.85. The predicted molar refractivity (Wildman–Crippen MR) is 75.0 cm³/mol. The molecule has 10 heteroatoms. The number of anilines is 1. The van der Waals surface area contributed by atoms with Gasteiger partial charge in [-0.05, 0) is 19.1 Å². The highest BCUT2D eigenvalue weighted by Gasteiger charge is 2.32. The summed E-state index contributed by atoms with van der Waals surface area (Å²) in [6.07, 6.45) is -4.59. The van der Waals surface area contributed by atoms with Crippen LogP contribution in [0.5, 0.6) is 0 Å². The second-order valence-corrected chi connectivity index (χ2v) is 4.72. The SMILES string of the molecule is CCOC(=O)/C(Cl)=N\Nc1c(Cl)cc(C(F)(F)F)cc1Cl. The Labute approximate surface area is 132 Å². The van der Waals surface area contributed by atoms with Crippen molar-refractivity contribution in [3.63, 3.8) is 0 Å². The van der Waals surface area contributed by atoms with Crippen LogP contribution < -0.4 is 5.43 Å². The van der Waals surface area contributed by atoms with Crippen LogP contribution in [-0.4, -0.2) is 17.7 Å². The maximum absolute atomic E-state index is 12.5. The number of benzene rings is 1. The van der Waals surface area contributed by atoms with Crippen molar-refractivity contribution in [2.75, 3.05) is 12.0 Å². The number of rotatable bonds is 4. The summed E-state index contributed by atoms with van der Waals surface area (Å²) in [5.41, 5.74) is 1.10. The Kier molecular flexibility index (Phi) is 6.12. The Morgan fingerprint density at radius 2 is 1.86 bits per heavy atom. The number of hydrazone groups is 1. The van der Waals surface area contributed by atoms with E-state index >= 15 is 0 Å². The van der Waals surface area contributed by atoms with Gasteiger partial charge in [0.1, 0.15) is 0 Å². The van der Waals surface area contributed by atoms with E-state index < -0.39 is 22.9 Å². The molecule has 1 N–H and O–H groups in total. The number of ether oxygens (including phenoxy) is 1. The Hall–Kier alpha value is -1.18. The van der Waals surface area contributed by atoms with Crippen LogP contribution in [0.3, 0.4) is 0 Å². The third kappa shape index (κ3) is 4.94. The van der Waals surface area contributed by atoms with E-state index in [-0.39, 0.29) is 22.3 Å². The minimum Gasteiger partial charge on any atom is -0.461 e. The number of halogens is 6. The smallest absolute Gasteiger partial charge is 0.416 e. The van der Waals surface area contributed by atoms with Crippen LogP contribution in [0.15, 0.2) is 17.2 Å². The molecule has 0 radical (unpaired) electrons. The number of esters is 1. The monoisotopic (exact) mass is 362 g/mol. The van der Waals surface area contributed by atoms with Gasteiger partial charge in [-0.2, -0.15) is 18.3 Å². The maximum Gasteiger partial charge on any atom is 0.416 e. The Morgan fingerprint density at radius 3 is 2.29 bits per heavy atom. The first-order valence-electron chi connectivity index (χ1n) is 5.39. The van der Waals surface area contributed by atoms with Gasteiger partial charge in [0.15, 0.2) is 0 Å². The van der Waals surface area contributed by atoms with Gasteiger partial charge >= 0.3 is 12.1 Å². The maximum atomic E-state index is 12.5. The van der Waals surface area contributed by atoms with E-state index in [1.807, 2.05) is 0 Å². The van der Waals surface area contributed by atoms with Gasteiger partial charge in [-0.25, -0.2) is 4.79 Å². The van der Waals surface area contributed by atoms with Crippen molar-refractivity contribution < 1.29 is 22.7 Å². The summed E-state index contributed by atoms with van der Waals surface area (Å²) in [6.45, 7) is 1.66. The number of hydrogen-bond acceptors (Lipinski definition) is 4. The number of alkyl halides is 3. The lowest BCUT2D eigenvalue weighted by Crippen LogP contribution is -2.13. The number of nitrogens with zero attached hydrogens (tertiary/aromatic N) is 1. The molecular weight excluding hydrogens is 355 g/mol. The molecular formula is C11H8Cl3F3N2O2. The zero-order valence-electron chi connectivity index (χ0n) is 10.4. The molecule has 116 valence electrons. The lowest BCUT2D eigenvalue weighted by molar-refractivity contribution is -0.137. The quantitative estimate of drug-likeness (QED) is 0.485. The highest BCUT2D eigenvalue weighted by atomic mass is 35.5. The van der Waals surface area contributed by atoms with Gasteiger partial charge in [-0.15, -0.1) is 0 Å². The van der Waals surface area contributed by atoms with Gasteiger partial charge in [0.2, 0.25) is 5.17 Å². The van der Waals surface area contributed by atoms with E-state index in [0.29, 0.717) is 12.1 Å². The van der Waals surface area contributed by atoms with Crippen molar-refractivity contribution in [2.45, 2.75) is 13.1 Å². The molecule has 1 aromatic carbocycles. The fraction of sp³-hybridized carbons (Fsp3) is 0.273. The molecule has 1 aromatic rings. The van der Waals surface area contributed by atoms with Crippen molar-refractivity contribution in [3.05, 3.63) is 27.7 Å². The third-order valence-electron chi connectivity index (χ3n) is 2.08. The molecule has 0 spiro atoms. The second-order valence-electron chi connectivity index (χ2n) is 3.55. The molecule has 0 heterocycles. The molecule has 0 saturated heterocycles. The molecule has 1 rings (SSSR count). The van der Waals surface area contributed by atoms with Crippen molar-refractivity contribution in [3.8, 4) is 0 Å². The summed E-state index contributed by atoms with van der Waals surface area (Å²) >= 11 is 16.9. The molecule has 0 aliphatic heterocycles. The fourth-order valence-electron chi connectivity index (χ4n) is 1.18. The Balaban J connectivity index is 3.01. The van der Waals surface area contributed by atoms with E-state index in [9.17, 15) is 18.0 Å². The van der Waals surface area contributed by atoms with Crippen LogP contribution in [0, 0.1) is 0 Å². The normalized spacial score (nSPS) is 12.2. The number of carbonyl (C=O) groups excluding carboxylic acids is 1. The highest BCUT2D eigenvalue weighted by molar-refractivity contribution is 6.82. The van der Waals surface area contributed by atoms with Crippen LogP contribution in [0.4, 0.5) is 18.9 Å². The molecule has 0 saturated carbocycles. The summed E-state index contributed by atoms with van der Waals surface area (Å²) in [6, 6.07) is 1.34. The van der Waals surface area contributed by atoms with E-state index in [1.165, 1.54) is 0 Å². The number of hydrogen-bond donors (Lipinski definition) is 1. The van der Waals surface area contributed by atoms with Gasteiger partial charge in [0.05, 0.1) is 27.9 Å². The molecule has 0 amide bonds. The average Bonchev–Trinajstić information content (AvgIpc) is 2.36. The summed E-state index contributed by atoms with van der Waals surface area (Å²) in [5.74, 6) is -0.897. The standard InChI is InChI=1S/C11H8Cl3F3N2O2/c1-2-21-10(20)9(14)19-18-8-6(12)3-5(4-7(8)13)11(15,16)17/h3-4,18H,2H2,1H3/b19-9+. The van der Waals surface area contributed by atoms with Crippen molar-refractivity contribution >= 4 is 51.6 Å². The van der Waals surface area contributed by atoms with Gasteiger partial charge in [-0.3, -0.25) is 5.43 Å². The van der Waals surface area contributed by atoms with Gasteiger partial charge < -0.3 is 4.74 Å². The van der Waals surface area contributed by atoms with Gasteiger partial charge in [0, 0.05) is 0 Å². The molecule has 0 atom stereocenters. The van der Waals surface area contributed by atoms with Crippen LogP contribution in [-0.2, 0) is 15.7 Å². The first kappa shape index (κ1) is 17.9. The zero-order valence-corrected chi connectivity index (χ0v) is 12.7. The van der Waals surface area contributed by atoms with Crippen molar-refractivity contribution in [1.82, 2.24) is 0 Å². The Morgan fingerprint density at radius 1 is 1.33 bits per heavy atom.